The SMILES string of the molecule is COC(=O)c1ccc(NC(=O)c2cc3ccccc3nc2Cl)cc1. The van der Waals surface area contributed by atoms with Gasteiger partial charge in [-0.05, 0) is 36.4 Å². The van der Waals surface area contributed by atoms with Crippen LogP contribution in [0, 0.1) is 0 Å². The molecule has 0 atom stereocenters. The molecule has 0 unspecified atom stereocenters. The van der Waals surface area contributed by atoms with Gasteiger partial charge in [0, 0.05) is 11.1 Å². The second-order valence-corrected chi connectivity index (χ2v) is 5.40. The van der Waals surface area contributed by atoms with Crippen LogP contribution in [0.2, 0.25) is 5.15 Å². The molecule has 1 heterocycles. The molecule has 0 aliphatic heterocycles. The molecule has 1 amide bonds. The Hall–Kier alpha value is -2.92. The van der Waals surface area contributed by atoms with Gasteiger partial charge < -0.3 is 10.1 Å². The topological polar surface area (TPSA) is 68.3 Å². The second-order valence-electron chi connectivity index (χ2n) is 5.04. The molecular weight excluding hydrogens is 328 g/mol. The number of carbonyl (C=O) groups excluding carboxylic acids is 2. The number of halogens is 1. The molecule has 3 aromatic rings. The minimum absolute atomic E-state index is 0.136. The number of nitrogens with one attached hydrogen (secondary N) is 1. The van der Waals surface area contributed by atoms with E-state index in [9.17, 15) is 9.59 Å². The van der Waals surface area contributed by atoms with Crippen molar-refractivity contribution < 1.29 is 14.3 Å². The molecule has 1 aromatic heterocycles. The largest absolute Gasteiger partial charge is 0.465 e. The number of carbonyl (C=O) groups is 2. The fraction of sp³-hybridized carbons (Fsp3) is 0.0556. The third-order valence-corrected chi connectivity index (χ3v) is 3.77. The summed E-state index contributed by atoms with van der Waals surface area (Å²) < 4.78 is 4.63. The van der Waals surface area contributed by atoms with Gasteiger partial charge in [0.25, 0.3) is 5.91 Å². The number of methoxy groups -OCH3 is 1. The number of amides is 1. The van der Waals surface area contributed by atoms with Crippen molar-refractivity contribution in [1.29, 1.82) is 0 Å². The van der Waals surface area contributed by atoms with Gasteiger partial charge in [-0.25, -0.2) is 9.78 Å². The number of rotatable bonds is 3. The smallest absolute Gasteiger partial charge is 0.337 e. The zero-order valence-corrected chi connectivity index (χ0v) is 13.5. The standard InChI is InChI=1S/C18H13ClN2O3/c1-24-18(23)11-6-8-13(9-7-11)20-17(22)14-10-12-4-2-3-5-15(12)21-16(14)19/h2-10H,1H3,(H,20,22). The highest BCUT2D eigenvalue weighted by Crippen LogP contribution is 2.21. The monoisotopic (exact) mass is 340 g/mol. The lowest BCUT2D eigenvalue weighted by Gasteiger charge is -2.08. The number of fused-ring (bicyclic) bond motifs is 1. The van der Waals surface area contributed by atoms with E-state index in [0.29, 0.717) is 11.3 Å². The van der Waals surface area contributed by atoms with Crippen LogP contribution in [-0.2, 0) is 4.74 Å². The third-order valence-electron chi connectivity index (χ3n) is 3.49. The Morgan fingerprint density at radius 2 is 1.79 bits per heavy atom. The van der Waals surface area contributed by atoms with Crippen molar-refractivity contribution in [2.24, 2.45) is 0 Å². The molecule has 0 bridgehead atoms. The maximum atomic E-state index is 12.4. The molecule has 5 nitrogen and oxygen atoms in total. The summed E-state index contributed by atoms with van der Waals surface area (Å²) in [4.78, 5) is 28.1. The van der Waals surface area contributed by atoms with Gasteiger partial charge in [-0.3, -0.25) is 4.79 Å². The summed E-state index contributed by atoms with van der Waals surface area (Å²) in [5.74, 6) is -0.807. The molecule has 0 fully saturated rings. The molecule has 24 heavy (non-hydrogen) atoms. The Labute approximate surface area is 143 Å². The Balaban J connectivity index is 1.84. The van der Waals surface area contributed by atoms with Crippen LogP contribution < -0.4 is 5.32 Å². The number of anilines is 1. The van der Waals surface area contributed by atoms with Gasteiger partial charge in [-0.2, -0.15) is 0 Å². The highest BCUT2D eigenvalue weighted by atomic mass is 35.5. The Morgan fingerprint density at radius 3 is 2.50 bits per heavy atom. The fourth-order valence-electron chi connectivity index (χ4n) is 2.26. The quantitative estimate of drug-likeness (QED) is 0.579. The van der Waals surface area contributed by atoms with Crippen LogP contribution in [0.4, 0.5) is 5.69 Å². The van der Waals surface area contributed by atoms with E-state index in [1.165, 1.54) is 7.11 Å². The van der Waals surface area contributed by atoms with Crippen molar-refractivity contribution in [2.75, 3.05) is 12.4 Å². The molecule has 6 heteroatoms. The molecule has 0 saturated heterocycles. The average molecular weight is 341 g/mol. The van der Waals surface area contributed by atoms with Crippen molar-refractivity contribution in [3.8, 4) is 0 Å². The highest BCUT2D eigenvalue weighted by molar-refractivity contribution is 6.33. The van der Waals surface area contributed by atoms with Gasteiger partial charge >= 0.3 is 5.97 Å². The summed E-state index contributed by atoms with van der Waals surface area (Å²) in [6.45, 7) is 0. The van der Waals surface area contributed by atoms with E-state index < -0.39 is 5.97 Å². The van der Waals surface area contributed by atoms with E-state index >= 15 is 0 Å². The lowest BCUT2D eigenvalue weighted by atomic mass is 10.1. The number of ether oxygens (including phenoxy) is 1. The molecular formula is C18H13ClN2O3. The first-order chi connectivity index (χ1) is 11.6. The number of esters is 1. The van der Waals surface area contributed by atoms with E-state index in [4.69, 9.17) is 11.6 Å². The number of para-hydroxylation sites is 1. The van der Waals surface area contributed by atoms with Gasteiger partial charge in [0.1, 0.15) is 5.15 Å². The normalized spacial score (nSPS) is 10.4. The maximum Gasteiger partial charge on any atom is 0.337 e. The zero-order valence-electron chi connectivity index (χ0n) is 12.7. The molecule has 0 spiro atoms. The van der Waals surface area contributed by atoms with Crippen molar-refractivity contribution in [3.63, 3.8) is 0 Å². The van der Waals surface area contributed by atoms with E-state index in [2.05, 4.69) is 15.0 Å². The Bertz CT molecular complexity index is 923. The van der Waals surface area contributed by atoms with Gasteiger partial charge in [-0.15, -0.1) is 0 Å². The van der Waals surface area contributed by atoms with Crippen molar-refractivity contribution in [2.45, 2.75) is 0 Å². The first-order valence-corrected chi connectivity index (χ1v) is 7.51. The van der Waals surface area contributed by atoms with E-state index in [0.717, 1.165) is 10.9 Å². The van der Waals surface area contributed by atoms with Crippen molar-refractivity contribution in [3.05, 3.63) is 70.9 Å². The van der Waals surface area contributed by atoms with E-state index in [-0.39, 0.29) is 16.6 Å². The summed E-state index contributed by atoms with van der Waals surface area (Å²) in [6, 6.07) is 15.5. The lowest BCUT2D eigenvalue weighted by Crippen LogP contribution is -2.13. The van der Waals surface area contributed by atoms with Gasteiger partial charge in [-0.1, -0.05) is 29.8 Å². The Kier molecular flexibility index (Phi) is 4.44. The predicted octanol–water partition coefficient (Wildman–Crippen LogP) is 3.93. The summed E-state index contributed by atoms with van der Waals surface area (Å²) in [6.07, 6.45) is 0. The van der Waals surface area contributed by atoms with Crippen molar-refractivity contribution >= 4 is 40.1 Å². The van der Waals surface area contributed by atoms with Crippen LogP contribution in [-0.4, -0.2) is 24.0 Å². The van der Waals surface area contributed by atoms with Crippen molar-refractivity contribution in [1.82, 2.24) is 4.98 Å². The summed E-state index contributed by atoms with van der Waals surface area (Å²) in [5, 5.41) is 3.70. The van der Waals surface area contributed by atoms with Crippen LogP contribution in [0.3, 0.4) is 0 Å². The minimum atomic E-state index is -0.436. The molecule has 3 rings (SSSR count). The second kappa shape index (κ2) is 6.68. The summed E-state index contributed by atoms with van der Waals surface area (Å²) >= 11 is 6.12. The molecule has 0 aliphatic carbocycles. The summed E-state index contributed by atoms with van der Waals surface area (Å²) in [5.41, 5.74) is 1.95. The van der Waals surface area contributed by atoms with Crippen LogP contribution >= 0.6 is 11.6 Å². The van der Waals surface area contributed by atoms with Gasteiger partial charge in [0.05, 0.1) is 23.8 Å². The first-order valence-electron chi connectivity index (χ1n) is 7.13. The number of hydrogen-bond acceptors (Lipinski definition) is 4. The first kappa shape index (κ1) is 16.0. The van der Waals surface area contributed by atoms with Gasteiger partial charge in [0.15, 0.2) is 0 Å². The number of aromatic nitrogens is 1. The molecule has 0 aliphatic rings. The number of pyridine rings is 1. The van der Waals surface area contributed by atoms with Crippen LogP contribution in [0.25, 0.3) is 10.9 Å². The fourth-order valence-corrected chi connectivity index (χ4v) is 2.49. The molecule has 120 valence electrons. The maximum absolute atomic E-state index is 12.4. The van der Waals surface area contributed by atoms with Gasteiger partial charge in [0.2, 0.25) is 0 Å². The average Bonchev–Trinajstić information content (AvgIpc) is 2.61. The molecule has 2 aromatic carbocycles. The minimum Gasteiger partial charge on any atom is -0.465 e. The number of benzene rings is 2. The zero-order chi connectivity index (χ0) is 17.1. The third kappa shape index (κ3) is 3.21. The van der Waals surface area contributed by atoms with Crippen LogP contribution in [0.15, 0.2) is 54.6 Å². The lowest BCUT2D eigenvalue weighted by molar-refractivity contribution is 0.0600. The number of nitrogens with zero attached hydrogens (tertiary/aromatic N) is 1. The molecule has 0 radical (unpaired) electrons. The Morgan fingerprint density at radius 1 is 1.08 bits per heavy atom. The molecule has 1 N–H and O–H groups in total. The van der Waals surface area contributed by atoms with Crippen LogP contribution in [0.1, 0.15) is 20.7 Å². The number of hydrogen-bond donors (Lipinski definition) is 1. The van der Waals surface area contributed by atoms with Crippen LogP contribution in [0.5, 0.6) is 0 Å². The highest BCUT2D eigenvalue weighted by Gasteiger charge is 2.14. The van der Waals surface area contributed by atoms with E-state index in [1.54, 1.807) is 30.3 Å². The molecule has 0 saturated carbocycles. The van der Waals surface area contributed by atoms with E-state index in [1.807, 2.05) is 24.3 Å². The summed E-state index contributed by atoms with van der Waals surface area (Å²) in [7, 11) is 1.31. The predicted molar refractivity (Wildman–Crippen MR) is 92.5 cm³/mol.